The van der Waals surface area contributed by atoms with Gasteiger partial charge in [-0.15, -0.1) is 0 Å². The van der Waals surface area contributed by atoms with E-state index in [1.165, 1.54) is 0 Å². The average Bonchev–Trinajstić information content (AvgIpc) is 2.14. The summed E-state index contributed by atoms with van der Waals surface area (Å²) in [5.41, 5.74) is 0. The zero-order valence-electron chi connectivity index (χ0n) is 4.71. The van der Waals surface area contributed by atoms with Gasteiger partial charge in [-0.3, -0.25) is 0 Å². The Bertz CT molecular complexity index is 78.8. The van der Waals surface area contributed by atoms with Crippen molar-refractivity contribution in [3.05, 3.63) is 0 Å². The van der Waals surface area contributed by atoms with Crippen molar-refractivity contribution < 1.29 is 5.11 Å². The zero-order valence-corrected chi connectivity index (χ0v) is 5.53. The summed E-state index contributed by atoms with van der Waals surface area (Å²) < 4.78 is 0. The first-order valence-corrected chi connectivity index (χ1v) is 3.79. The SMILES string of the molecule is [B]C1CCC(CO)S1. The van der Waals surface area contributed by atoms with Crippen LogP contribution in [0.2, 0.25) is 0 Å². The number of hydrogen-bond acceptors (Lipinski definition) is 2. The summed E-state index contributed by atoms with van der Waals surface area (Å²) in [5, 5.41) is 9.31. The van der Waals surface area contributed by atoms with E-state index in [0.717, 1.165) is 12.8 Å². The lowest BCUT2D eigenvalue weighted by Gasteiger charge is -2.01. The lowest BCUT2D eigenvalue weighted by Crippen LogP contribution is -2.02. The maximum Gasteiger partial charge on any atom is 0.0846 e. The van der Waals surface area contributed by atoms with Crippen molar-refractivity contribution >= 4 is 19.6 Å². The van der Waals surface area contributed by atoms with Crippen LogP contribution in [-0.4, -0.2) is 30.0 Å². The molecule has 1 aliphatic rings. The first kappa shape index (κ1) is 6.49. The van der Waals surface area contributed by atoms with Crippen molar-refractivity contribution in [2.75, 3.05) is 6.61 Å². The third-order valence-corrected chi connectivity index (χ3v) is 2.70. The fraction of sp³-hybridized carbons (Fsp3) is 1.00. The molecule has 2 atom stereocenters. The van der Waals surface area contributed by atoms with E-state index in [4.69, 9.17) is 13.0 Å². The molecule has 2 unspecified atom stereocenters. The summed E-state index contributed by atoms with van der Waals surface area (Å²) in [6, 6.07) is 0. The molecule has 8 heavy (non-hydrogen) atoms. The van der Waals surface area contributed by atoms with Crippen LogP contribution in [-0.2, 0) is 0 Å². The molecule has 1 heterocycles. The second-order valence-electron chi connectivity index (χ2n) is 2.06. The Labute approximate surface area is 55.3 Å². The van der Waals surface area contributed by atoms with Gasteiger partial charge in [0.05, 0.1) is 14.5 Å². The molecule has 2 radical (unpaired) electrons. The standard InChI is InChI=1S/C5H9BOS/c6-5-2-1-4(3-7)8-5/h4-5,7H,1-3H2. The molecule has 44 valence electrons. The molecular weight excluding hydrogens is 119 g/mol. The van der Waals surface area contributed by atoms with Gasteiger partial charge in [-0.25, -0.2) is 0 Å². The van der Waals surface area contributed by atoms with Crippen molar-refractivity contribution in [3.8, 4) is 0 Å². The molecule has 1 nitrogen and oxygen atoms in total. The molecule has 1 aliphatic heterocycles. The number of hydrogen-bond donors (Lipinski definition) is 1. The van der Waals surface area contributed by atoms with E-state index >= 15 is 0 Å². The van der Waals surface area contributed by atoms with Gasteiger partial charge in [0.15, 0.2) is 0 Å². The molecule has 1 saturated heterocycles. The third kappa shape index (κ3) is 1.42. The second-order valence-corrected chi connectivity index (χ2v) is 3.60. The van der Waals surface area contributed by atoms with Crippen LogP contribution in [0.3, 0.4) is 0 Å². The number of aliphatic hydroxyl groups excluding tert-OH is 1. The molecule has 0 spiro atoms. The minimum Gasteiger partial charge on any atom is -0.395 e. The molecule has 1 fully saturated rings. The lowest BCUT2D eigenvalue weighted by atomic mass is 9.99. The van der Waals surface area contributed by atoms with Gasteiger partial charge in [0.25, 0.3) is 0 Å². The van der Waals surface area contributed by atoms with Crippen LogP contribution in [0.5, 0.6) is 0 Å². The highest BCUT2D eigenvalue weighted by Crippen LogP contribution is 2.30. The van der Waals surface area contributed by atoms with Crippen LogP contribution in [0.1, 0.15) is 12.8 Å². The van der Waals surface area contributed by atoms with E-state index < -0.39 is 0 Å². The monoisotopic (exact) mass is 128 g/mol. The van der Waals surface area contributed by atoms with Gasteiger partial charge in [0, 0.05) is 5.25 Å². The average molecular weight is 128 g/mol. The van der Waals surface area contributed by atoms with Crippen molar-refractivity contribution in [2.45, 2.75) is 23.2 Å². The highest BCUT2D eigenvalue weighted by atomic mass is 32.2. The van der Waals surface area contributed by atoms with E-state index in [0.29, 0.717) is 11.9 Å². The molecule has 0 bridgehead atoms. The summed E-state index contributed by atoms with van der Waals surface area (Å²) in [6.07, 6.45) is 2.15. The molecule has 0 amide bonds. The molecule has 3 heteroatoms. The summed E-state index contributed by atoms with van der Waals surface area (Å²) in [5.74, 6) is 0. The second kappa shape index (κ2) is 2.78. The maximum atomic E-state index is 8.61. The van der Waals surface area contributed by atoms with Crippen molar-refractivity contribution in [1.29, 1.82) is 0 Å². The Morgan fingerprint density at radius 1 is 1.62 bits per heavy atom. The molecule has 0 aliphatic carbocycles. The first-order valence-electron chi connectivity index (χ1n) is 2.85. The van der Waals surface area contributed by atoms with Gasteiger partial charge in [0.1, 0.15) is 0 Å². The van der Waals surface area contributed by atoms with E-state index in [2.05, 4.69) is 0 Å². The van der Waals surface area contributed by atoms with Crippen LogP contribution >= 0.6 is 11.8 Å². The van der Waals surface area contributed by atoms with Gasteiger partial charge < -0.3 is 5.11 Å². The largest absolute Gasteiger partial charge is 0.395 e. The molecule has 1 rings (SSSR count). The van der Waals surface area contributed by atoms with Crippen LogP contribution < -0.4 is 0 Å². The molecule has 0 saturated carbocycles. The van der Waals surface area contributed by atoms with Gasteiger partial charge in [-0.1, -0.05) is 0 Å². The van der Waals surface area contributed by atoms with E-state index in [-0.39, 0.29) is 5.15 Å². The summed E-state index contributed by atoms with van der Waals surface area (Å²) >= 11 is 1.69. The van der Waals surface area contributed by atoms with Crippen molar-refractivity contribution in [3.63, 3.8) is 0 Å². The molecule has 1 N–H and O–H groups in total. The lowest BCUT2D eigenvalue weighted by molar-refractivity contribution is 0.292. The summed E-state index contributed by atoms with van der Waals surface area (Å²) in [4.78, 5) is 0. The quantitative estimate of drug-likeness (QED) is 0.515. The van der Waals surface area contributed by atoms with E-state index in [1.54, 1.807) is 11.8 Å². The summed E-state index contributed by atoms with van der Waals surface area (Å²) in [6.45, 7) is 0.290. The van der Waals surface area contributed by atoms with E-state index in [1.807, 2.05) is 0 Å². The highest BCUT2D eigenvalue weighted by molar-refractivity contribution is 8.01. The molecule has 0 aromatic rings. The first-order chi connectivity index (χ1) is 3.83. The zero-order chi connectivity index (χ0) is 5.98. The predicted octanol–water partition coefficient (Wildman–Crippen LogP) is 0.369. The molecule has 0 aromatic heterocycles. The Morgan fingerprint density at radius 3 is 2.62 bits per heavy atom. The Balaban J connectivity index is 2.22. The summed E-state index contributed by atoms with van der Waals surface area (Å²) in [7, 11) is 5.55. The minimum absolute atomic E-state index is 0.284. The van der Waals surface area contributed by atoms with Gasteiger partial charge >= 0.3 is 0 Å². The topological polar surface area (TPSA) is 20.2 Å². The van der Waals surface area contributed by atoms with Crippen LogP contribution in [0.15, 0.2) is 0 Å². The maximum absolute atomic E-state index is 8.61. The molecular formula is C5H9BOS. The van der Waals surface area contributed by atoms with E-state index in [9.17, 15) is 0 Å². The third-order valence-electron chi connectivity index (χ3n) is 1.34. The van der Waals surface area contributed by atoms with Crippen LogP contribution in [0.25, 0.3) is 0 Å². The minimum atomic E-state index is 0.284. The van der Waals surface area contributed by atoms with Crippen molar-refractivity contribution in [2.24, 2.45) is 0 Å². The molecule has 0 aromatic carbocycles. The normalized spacial score (nSPS) is 38.1. The number of thioether (sulfide) groups is 1. The number of rotatable bonds is 1. The van der Waals surface area contributed by atoms with Gasteiger partial charge in [-0.05, 0) is 18.0 Å². The fourth-order valence-electron chi connectivity index (χ4n) is 0.868. The smallest absolute Gasteiger partial charge is 0.0846 e. The Morgan fingerprint density at radius 2 is 2.38 bits per heavy atom. The van der Waals surface area contributed by atoms with Crippen LogP contribution in [0, 0.1) is 0 Å². The van der Waals surface area contributed by atoms with Gasteiger partial charge in [0.2, 0.25) is 0 Å². The van der Waals surface area contributed by atoms with Gasteiger partial charge in [-0.2, -0.15) is 11.8 Å². The van der Waals surface area contributed by atoms with Crippen molar-refractivity contribution in [1.82, 2.24) is 0 Å². The fourth-order valence-corrected chi connectivity index (χ4v) is 1.99. The Hall–Kier alpha value is 0.375. The predicted molar refractivity (Wildman–Crippen MR) is 37.2 cm³/mol. The van der Waals surface area contributed by atoms with Crippen LogP contribution in [0.4, 0.5) is 0 Å². The number of aliphatic hydroxyl groups is 1. The Kier molecular flexibility index (Phi) is 2.26. The highest BCUT2D eigenvalue weighted by Gasteiger charge is 2.19.